The maximum absolute atomic E-state index is 12.7. The van der Waals surface area contributed by atoms with Gasteiger partial charge in [-0.15, -0.1) is 0 Å². The van der Waals surface area contributed by atoms with Crippen LogP contribution in [0.2, 0.25) is 0 Å². The van der Waals surface area contributed by atoms with Gasteiger partial charge in [0.25, 0.3) is 5.91 Å². The van der Waals surface area contributed by atoms with Crippen LogP contribution >= 0.6 is 0 Å². The molecule has 0 aliphatic heterocycles. The number of hydrogen-bond donors (Lipinski definition) is 2. The highest BCUT2D eigenvalue weighted by molar-refractivity contribution is 7.89. The van der Waals surface area contributed by atoms with Gasteiger partial charge in [-0.2, -0.15) is 0 Å². The second-order valence-electron chi connectivity index (χ2n) is 6.58. The molecule has 0 saturated heterocycles. The Morgan fingerprint density at radius 2 is 1.62 bits per heavy atom. The average Bonchev–Trinajstić information content (AvgIpc) is 2.69. The Bertz CT molecular complexity index is 1140. The van der Waals surface area contributed by atoms with Gasteiger partial charge in [-0.3, -0.25) is 4.79 Å². The molecule has 1 amide bonds. The van der Waals surface area contributed by atoms with Crippen molar-refractivity contribution in [2.24, 2.45) is 0 Å². The Kier molecular flexibility index (Phi) is 6.00. The lowest BCUT2D eigenvalue weighted by Crippen LogP contribution is -2.20. The summed E-state index contributed by atoms with van der Waals surface area (Å²) in [5.74, 6) is 0.995. The van der Waals surface area contributed by atoms with Gasteiger partial charge < -0.3 is 10.1 Å². The van der Waals surface area contributed by atoms with E-state index in [9.17, 15) is 13.2 Å². The molecule has 7 heteroatoms. The van der Waals surface area contributed by atoms with Gasteiger partial charge in [0.05, 0.1) is 4.90 Å². The number of anilines is 1. The monoisotopic (exact) mass is 410 g/mol. The van der Waals surface area contributed by atoms with Crippen LogP contribution in [0.3, 0.4) is 0 Å². The number of ether oxygens (including phenoxy) is 1. The number of aryl methyl sites for hydroxylation is 2. The first-order chi connectivity index (χ1) is 13.8. The van der Waals surface area contributed by atoms with E-state index in [4.69, 9.17) is 4.74 Å². The summed E-state index contributed by atoms with van der Waals surface area (Å²) in [5, 5.41) is 2.79. The molecule has 0 unspecified atom stereocenters. The lowest BCUT2D eigenvalue weighted by molar-refractivity contribution is 0.102. The van der Waals surface area contributed by atoms with E-state index in [0.29, 0.717) is 22.6 Å². The quantitative estimate of drug-likeness (QED) is 0.636. The van der Waals surface area contributed by atoms with Crippen LogP contribution in [-0.2, 0) is 10.0 Å². The number of nitrogens with one attached hydrogen (secondary N) is 2. The highest BCUT2D eigenvalue weighted by Gasteiger charge is 2.16. The van der Waals surface area contributed by atoms with Crippen LogP contribution in [0.25, 0.3) is 0 Å². The number of hydrogen-bond acceptors (Lipinski definition) is 4. The molecule has 0 aliphatic rings. The Labute approximate surface area is 170 Å². The van der Waals surface area contributed by atoms with Crippen LogP contribution in [0.4, 0.5) is 5.69 Å². The largest absolute Gasteiger partial charge is 0.457 e. The molecule has 2 N–H and O–H groups in total. The number of sulfonamides is 1. The van der Waals surface area contributed by atoms with E-state index < -0.39 is 10.0 Å². The van der Waals surface area contributed by atoms with Crippen molar-refractivity contribution in [1.82, 2.24) is 4.72 Å². The molecule has 0 spiro atoms. The summed E-state index contributed by atoms with van der Waals surface area (Å²) in [4.78, 5) is 12.7. The fourth-order valence-corrected chi connectivity index (χ4v) is 3.51. The van der Waals surface area contributed by atoms with E-state index >= 15 is 0 Å². The first kappa shape index (κ1) is 20.6. The molecule has 3 aromatic rings. The molecular weight excluding hydrogens is 388 g/mol. The minimum Gasteiger partial charge on any atom is -0.457 e. The van der Waals surface area contributed by atoms with Crippen LogP contribution in [0.15, 0.2) is 71.6 Å². The molecule has 150 valence electrons. The van der Waals surface area contributed by atoms with Gasteiger partial charge in [-0.05, 0) is 80.6 Å². The van der Waals surface area contributed by atoms with Crippen molar-refractivity contribution >= 4 is 21.6 Å². The van der Waals surface area contributed by atoms with Gasteiger partial charge in [-0.25, -0.2) is 13.1 Å². The maximum atomic E-state index is 12.7. The van der Waals surface area contributed by atoms with Crippen molar-refractivity contribution in [2.45, 2.75) is 18.7 Å². The third-order valence-electron chi connectivity index (χ3n) is 4.37. The number of carbonyl (C=O) groups is 1. The van der Waals surface area contributed by atoms with Crippen molar-refractivity contribution in [3.8, 4) is 11.5 Å². The molecule has 0 saturated carbocycles. The Hall–Kier alpha value is -3.16. The van der Waals surface area contributed by atoms with E-state index in [1.54, 1.807) is 37.3 Å². The van der Waals surface area contributed by atoms with Gasteiger partial charge in [0.2, 0.25) is 10.0 Å². The van der Waals surface area contributed by atoms with Gasteiger partial charge in [0, 0.05) is 11.3 Å². The van der Waals surface area contributed by atoms with Gasteiger partial charge in [-0.1, -0.05) is 18.2 Å². The maximum Gasteiger partial charge on any atom is 0.255 e. The minimum absolute atomic E-state index is 0.0395. The van der Waals surface area contributed by atoms with Gasteiger partial charge in [0.1, 0.15) is 11.5 Å². The predicted octanol–water partition coefficient (Wildman–Crippen LogP) is 4.26. The highest BCUT2D eigenvalue weighted by Crippen LogP contribution is 2.24. The third-order valence-corrected chi connectivity index (χ3v) is 5.78. The molecular formula is C22H22N2O4S. The summed E-state index contributed by atoms with van der Waals surface area (Å²) in [6.07, 6.45) is 0. The molecule has 3 rings (SSSR count). The van der Waals surface area contributed by atoms with Crippen LogP contribution in [-0.4, -0.2) is 21.4 Å². The fourth-order valence-electron chi connectivity index (χ4n) is 2.75. The molecule has 0 aliphatic carbocycles. The number of rotatable bonds is 6. The minimum atomic E-state index is -3.63. The zero-order chi connectivity index (χ0) is 21.0. The molecule has 0 fully saturated rings. The molecule has 29 heavy (non-hydrogen) atoms. The Balaban J connectivity index is 1.75. The fraction of sp³-hybridized carbons (Fsp3) is 0.136. The standard InChI is InChI=1S/C22H22N2O4S/c1-15-5-4-6-19(13-15)28-18-10-8-17(9-11-18)24-22(25)21-14-20(12-7-16(21)2)29(26,27)23-3/h4-14,23H,1-3H3,(H,24,25). The number of carbonyl (C=O) groups excluding carboxylic acids is 1. The van der Waals surface area contributed by atoms with E-state index in [-0.39, 0.29) is 10.8 Å². The number of amides is 1. The van der Waals surface area contributed by atoms with Gasteiger partial charge in [0.15, 0.2) is 0 Å². The molecule has 0 aromatic heterocycles. The lowest BCUT2D eigenvalue weighted by atomic mass is 10.1. The summed E-state index contributed by atoms with van der Waals surface area (Å²) in [7, 11) is -2.30. The van der Waals surface area contributed by atoms with Crippen molar-refractivity contribution in [2.75, 3.05) is 12.4 Å². The van der Waals surface area contributed by atoms with Crippen LogP contribution in [0.1, 0.15) is 21.5 Å². The summed E-state index contributed by atoms with van der Waals surface area (Å²) >= 11 is 0. The molecule has 0 atom stereocenters. The van der Waals surface area contributed by atoms with E-state index in [2.05, 4.69) is 10.0 Å². The summed E-state index contributed by atoms with van der Waals surface area (Å²) in [5.41, 5.74) is 2.65. The zero-order valence-electron chi connectivity index (χ0n) is 16.4. The second-order valence-corrected chi connectivity index (χ2v) is 8.47. The van der Waals surface area contributed by atoms with Crippen LogP contribution < -0.4 is 14.8 Å². The van der Waals surface area contributed by atoms with Crippen LogP contribution in [0.5, 0.6) is 11.5 Å². The van der Waals surface area contributed by atoms with E-state index in [1.165, 1.54) is 19.2 Å². The molecule has 0 radical (unpaired) electrons. The number of benzene rings is 3. The Morgan fingerprint density at radius 1 is 0.897 bits per heavy atom. The van der Waals surface area contributed by atoms with Crippen molar-refractivity contribution in [3.05, 3.63) is 83.4 Å². The smallest absolute Gasteiger partial charge is 0.255 e. The topological polar surface area (TPSA) is 84.5 Å². The average molecular weight is 410 g/mol. The van der Waals surface area contributed by atoms with Crippen molar-refractivity contribution in [1.29, 1.82) is 0 Å². The SMILES string of the molecule is CNS(=O)(=O)c1ccc(C)c(C(=O)Nc2ccc(Oc3cccc(C)c3)cc2)c1. The first-order valence-corrected chi connectivity index (χ1v) is 10.5. The predicted molar refractivity (Wildman–Crippen MR) is 113 cm³/mol. The van der Waals surface area contributed by atoms with E-state index in [1.807, 2.05) is 31.2 Å². The van der Waals surface area contributed by atoms with Crippen LogP contribution in [0, 0.1) is 13.8 Å². The molecule has 0 bridgehead atoms. The zero-order valence-corrected chi connectivity index (χ0v) is 17.2. The summed E-state index contributed by atoms with van der Waals surface area (Å²) in [6, 6.07) is 19.1. The summed E-state index contributed by atoms with van der Waals surface area (Å²) < 4.78 is 32.0. The van der Waals surface area contributed by atoms with Gasteiger partial charge >= 0.3 is 0 Å². The Morgan fingerprint density at radius 3 is 2.28 bits per heavy atom. The third kappa shape index (κ3) is 5.01. The molecule has 3 aromatic carbocycles. The highest BCUT2D eigenvalue weighted by atomic mass is 32.2. The van der Waals surface area contributed by atoms with Crippen molar-refractivity contribution in [3.63, 3.8) is 0 Å². The molecule has 6 nitrogen and oxygen atoms in total. The second kappa shape index (κ2) is 8.46. The lowest BCUT2D eigenvalue weighted by Gasteiger charge is -2.11. The molecule has 0 heterocycles. The van der Waals surface area contributed by atoms with E-state index in [0.717, 1.165) is 11.3 Å². The summed E-state index contributed by atoms with van der Waals surface area (Å²) in [6.45, 7) is 3.74. The first-order valence-electron chi connectivity index (χ1n) is 8.98. The van der Waals surface area contributed by atoms with Crippen molar-refractivity contribution < 1.29 is 17.9 Å². The normalized spacial score (nSPS) is 11.1.